The van der Waals surface area contributed by atoms with Crippen LogP contribution in [-0.4, -0.2) is 35.8 Å². The molecule has 8 heteroatoms. The van der Waals surface area contributed by atoms with Gasteiger partial charge in [-0.15, -0.1) is 0 Å². The van der Waals surface area contributed by atoms with Gasteiger partial charge in [-0.05, 0) is 50.3 Å². The molecule has 2 atom stereocenters. The van der Waals surface area contributed by atoms with Crippen molar-refractivity contribution in [1.82, 2.24) is 10.2 Å². The maximum absolute atomic E-state index is 13.5. The van der Waals surface area contributed by atoms with Crippen molar-refractivity contribution in [3.05, 3.63) is 45.6 Å². The third-order valence-electron chi connectivity index (χ3n) is 6.19. The molecule has 0 radical (unpaired) electrons. The molecule has 1 saturated heterocycles. The van der Waals surface area contributed by atoms with Gasteiger partial charge in [0.25, 0.3) is 0 Å². The van der Waals surface area contributed by atoms with Crippen LogP contribution in [-0.2, 0) is 25.7 Å². The fourth-order valence-electron chi connectivity index (χ4n) is 4.60. The Morgan fingerprint density at radius 3 is 2.75 bits per heavy atom. The number of hydrogen-bond donors (Lipinski definition) is 1. The summed E-state index contributed by atoms with van der Waals surface area (Å²) in [6, 6.07) is 5.13. The van der Waals surface area contributed by atoms with Crippen molar-refractivity contribution in [3.8, 4) is 0 Å². The van der Waals surface area contributed by atoms with E-state index in [0.29, 0.717) is 35.1 Å². The number of halogens is 2. The molecule has 1 aliphatic heterocycles. The molecule has 0 saturated carbocycles. The lowest BCUT2D eigenvalue weighted by Crippen LogP contribution is -2.52. The second-order valence-electron chi connectivity index (χ2n) is 8.40. The van der Waals surface area contributed by atoms with Crippen LogP contribution in [0, 0.1) is 11.3 Å². The van der Waals surface area contributed by atoms with E-state index in [1.165, 1.54) is 0 Å². The quantitative estimate of drug-likeness (QED) is 0.403. The largest absolute Gasteiger partial charge is 0.465 e. The number of hydrogen-bond acceptors (Lipinski definition) is 4. The maximum atomic E-state index is 13.5. The molecule has 1 heterocycles. The lowest BCUT2D eigenvalue weighted by Gasteiger charge is -2.44. The van der Waals surface area contributed by atoms with E-state index < -0.39 is 11.3 Å². The molecule has 1 aromatic carbocycles. The zero-order chi connectivity index (χ0) is 23.3. The monoisotopic (exact) mass is 480 g/mol. The van der Waals surface area contributed by atoms with E-state index in [1.54, 1.807) is 30.0 Å². The van der Waals surface area contributed by atoms with Gasteiger partial charge in [-0.25, -0.2) is 0 Å². The van der Waals surface area contributed by atoms with Gasteiger partial charge in [-0.1, -0.05) is 48.7 Å². The molecule has 3 rings (SSSR count). The predicted molar refractivity (Wildman–Crippen MR) is 124 cm³/mol. The van der Waals surface area contributed by atoms with Crippen LogP contribution in [0.3, 0.4) is 0 Å². The van der Waals surface area contributed by atoms with Crippen molar-refractivity contribution in [3.63, 3.8) is 0 Å². The molecule has 1 fully saturated rings. The lowest BCUT2D eigenvalue weighted by molar-refractivity contribution is -0.161. The van der Waals surface area contributed by atoms with Crippen molar-refractivity contribution in [2.45, 2.75) is 58.9 Å². The summed E-state index contributed by atoms with van der Waals surface area (Å²) < 4.78 is 5.43. The number of nitrogens with zero attached hydrogens (tertiary/aromatic N) is 1. The lowest BCUT2D eigenvalue weighted by atomic mass is 9.71. The molecule has 1 aliphatic carbocycles. The van der Waals surface area contributed by atoms with Crippen LogP contribution in [0.4, 0.5) is 0 Å². The summed E-state index contributed by atoms with van der Waals surface area (Å²) >= 11 is 12.4. The smallest absolute Gasteiger partial charge is 0.318 e. The van der Waals surface area contributed by atoms with Crippen LogP contribution in [0.5, 0.6) is 0 Å². The average Bonchev–Trinajstić information content (AvgIpc) is 3.18. The van der Waals surface area contributed by atoms with Gasteiger partial charge in [-0.3, -0.25) is 14.4 Å². The number of allylic oxidation sites excluding steroid dienone is 1. The third-order valence-corrected chi connectivity index (χ3v) is 6.78. The third kappa shape index (κ3) is 5.12. The van der Waals surface area contributed by atoms with Crippen LogP contribution in [0.15, 0.2) is 30.0 Å². The van der Waals surface area contributed by atoms with E-state index in [-0.39, 0.29) is 43.8 Å². The van der Waals surface area contributed by atoms with Gasteiger partial charge in [0.05, 0.1) is 13.2 Å². The van der Waals surface area contributed by atoms with Crippen LogP contribution in [0.25, 0.3) is 0 Å². The second kappa shape index (κ2) is 10.7. The number of ether oxygens (including phenoxy) is 1. The minimum Gasteiger partial charge on any atom is -0.465 e. The van der Waals surface area contributed by atoms with Crippen LogP contribution in [0.2, 0.25) is 10.0 Å². The number of likely N-dealkylation sites (tertiary alicyclic amines) is 1. The number of nitrogens with one attached hydrogen (secondary N) is 1. The summed E-state index contributed by atoms with van der Waals surface area (Å²) in [5, 5.41) is 3.84. The first-order chi connectivity index (χ1) is 15.3. The molecule has 2 aliphatic rings. The summed E-state index contributed by atoms with van der Waals surface area (Å²) in [5.74, 6) is -1.29. The van der Waals surface area contributed by atoms with Crippen molar-refractivity contribution < 1.29 is 19.1 Å². The highest BCUT2D eigenvalue weighted by Gasteiger charge is 2.55. The topological polar surface area (TPSA) is 75.7 Å². The Bertz CT molecular complexity index is 917. The fourth-order valence-corrected chi connectivity index (χ4v) is 5.07. The van der Waals surface area contributed by atoms with Gasteiger partial charge in [0, 0.05) is 34.6 Å². The Morgan fingerprint density at radius 1 is 1.28 bits per heavy atom. The Morgan fingerprint density at radius 2 is 2.06 bits per heavy atom. The van der Waals surface area contributed by atoms with Crippen LogP contribution < -0.4 is 5.32 Å². The number of amides is 2. The molecule has 0 unspecified atom stereocenters. The second-order valence-corrected chi connectivity index (χ2v) is 9.24. The molecule has 1 aromatic rings. The van der Waals surface area contributed by atoms with Gasteiger partial charge < -0.3 is 15.0 Å². The Kier molecular flexibility index (Phi) is 8.23. The molecule has 0 bridgehead atoms. The first-order valence-corrected chi connectivity index (χ1v) is 12.0. The van der Waals surface area contributed by atoms with Crippen molar-refractivity contribution >= 4 is 41.0 Å². The molecule has 6 nitrogen and oxygen atoms in total. The summed E-state index contributed by atoms with van der Waals surface area (Å²) in [6.45, 7) is 4.86. The van der Waals surface area contributed by atoms with Gasteiger partial charge in [0.1, 0.15) is 5.41 Å². The molecular formula is C24H30Cl2N2O4. The van der Waals surface area contributed by atoms with Gasteiger partial charge in [0.2, 0.25) is 11.8 Å². The first kappa shape index (κ1) is 24.6. The number of piperidine rings is 1. The fraction of sp³-hybridized carbons (Fsp3) is 0.542. The standard InChI is InChI=1S/C24H30Cl2N2O4/c1-3-5-11-27-21(29)12-17-14-24(23(31)32-4-2)10-6-7-20(24)28(22(17)30)15-16-8-9-18(25)13-19(16)26/h7-9,13,17H,3-6,10-12,14-15H2,1-2H3,(H,27,29)/t17-,24+/m1/s1. The molecule has 174 valence electrons. The van der Waals surface area contributed by atoms with E-state index in [2.05, 4.69) is 5.32 Å². The number of carbonyl (C=O) groups is 3. The molecule has 0 spiro atoms. The number of rotatable bonds is 9. The number of carbonyl (C=O) groups excluding carboxylic acids is 3. The van der Waals surface area contributed by atoms with E-state index in [1.807, 2.05) is 13.0 Å². The zero-order valence-electron chi connectivity index (χ0n) is 18.6. The van der Waals surface area contributed by atoms with Crippen LogP contribution in [0.1, 0.15) is 57.9 Å². The average molecular weight is 481 g/mol. The summed E-state index contributed by atoms with van der Waals surface area (Å²) in [5.41, 5.74) is 0.467. The molecule has 1 N–H and O–H groups in total. The van der Waals surface area contributed by atoms with Crippen molar-refractivity contribution in [2.24, 2.45) is 11.3 Å². The molecular weight excluding hydrogens is 451 g/mol. The first-order valence-electron chi connectivity index (χ1n) is 11.2. The molecule has 2 amide bonds. The minimum atomic E-state index is -0.919. The number of unbranched alkanes of at least 4 members (excludes halogenated alkanes) is 1. The SMILES string of the molecule is CCCCNC(=O)C[C@@H]1C[C@@]2(C(=O)OCC)CCC=C2N(Cc2ccc(Cl)cc2Cl)C1=O. The summed E-state index contributed by atoms with van der Waals surface area (Å²) in [7, 11) is 0. The molecule has 0 aromatic heterocycles. The summed E-state index contributed by atoms with van der Waals surface area (Å²) in [6.07, 6.45) is 5.35. The highest BCUT2D eigenvalue weighted by molar-refractivity contribution is 6.35. The number of benzene rings is 1. The number of fused-ring (bicyclic) bond motifs is 1. The Labute approximate surface area is 199 Å². The Hall–Kier alpha value is -2.05. The normalized spacial score (nSPS) is 22.4. The van der Waals surface area contributed by atoms with E-state index in [4.69, 9.17) is 27.9 Å². The highest BCUT2D eigenvalue weighted by atomic mass is 35.5. The summed E-state index contributed by atoms with van der Waals surface area (Å²) in [4.78, 5) is 40.8. The van der Waals surface area contributed by atoms with Crippen molar-refractivity contribution in [1.29, 1.82) is 0 Å². The minimum absolute atomic E-state index is 0.0435. The van der Waals surface area contributed by atoms with E-state index in [0.717, 1.165) is 18.4 Å². The predicted octanol–water partition coefficient (Wildman–Crippen LogP) is 4.88. The van der Waals surface area contributed by atoms with Gasteiger partial charge >= 0.3 is 5.97 Å². The van der Waals surface area contributed by atoms with E-state index >= 15 is 0 Å². The van der Waals surface area contributed by atoms with Gasteiger partial charge in [-0.2, -0.15) is 0 Å². The van der Waals surface area contributed by atoms with Crippen LogP contribution >= 0.6 is 23.2 Å². The highest BCUT2D eigenvalue weighted by Crippen LogP contribution is 2.51. The van der Waals surface area contributed by atoms with Crippen molar-refractivity contribution in [2.75, 3.05) is 13.2 Å². The zero-order valence-corrected chi connectivity index (χ0v) is 20.1. The van der Waals surface area contributed by atoms with Gasteiger partial charge in [0.15, 0.2) is 0 Å². The molecule has 32 heavy (non-hydrogen) atoms. The maximum Gasteiger partial charge on any atom is 0.318 e. The Balaban J connectivity index is 1.91. The number of esters is 1. The van der Waals surface area contributed by atoms with E-state index in [9.17, 15) is 14.4 Å².